The monoisotopic (exact) mass is 243 g/mol. The van der Waals surface area contributed by atoms with Crippen LogP contribution in [0, 0.1) is 11.3 Å². The minimum absolute atomic E-state index is 0.442. The van der Waals surface area contributed by atoms with Crippen LogP contribution in [0.1, 0.15) is 39.5 Å². The lowest BCUT2D eigenvalue weighted by atomic mass is 9.81. The predicted molar refractivity (Wildman–Crippen MR) is 71.3 cm³/mol. The molecule has 0 spiro atoms. The van der Waals surface area contributed by atoms with Crippen LogP contribution in [0.3, 0.4) is 0 Å². The molecule has 0 saturated heterocycles. The Labute approximate surface area is 106 Å². The van der Waals surface area contributed by atoms with Gasteiger partial charge in [0, 0.05) is 33.5 Å². The lowest BCUT2D eigenvalue weighted by molar-refractivity contribution is 0.0737. The molecule has 0 radical (unpaired) electrons. The van der Waals surface area contributed by atoms with Crippen LogP contribution in [-0.2, 0) is 9.47 Å². The third-order valence-corrected chi connectivity index (χ3v) is 3.80. The first kappa shape index (κ1) is 14.9. The molecule has 0 amide bonds. The van der Waals surface area contributed by atoms with Crippen molar-refractivity contribution < 1.29 is 9.47 Å². The number of methoxy groups -OCH3 is 1. The number of hydrogen-bond acceptors (Lipinski definition) is 3. The van der Waals surface area contributed by atoms with Gasteiger partial charge in [0.25, 0.3) is 0 Å². The topological polar surface area (TPSA) is 30.5 Å². The first-order chi connectivity index (χ1) is 8.23. The van der Waals surface area contributed by atoms with E-state index in [9.17, 15) is 0 Å². The Bertz CT molecular complexity index is 195. The number of rotatable bonds is 11. The van der Waals surface area contributed by atoms with E-state index in [1.54, 1.807) is 7.11 Å². The zero-order chi connectivity index (χ0) is 12.6. The second kappa shape index (κ2) is 8.06. The fourth-order valence-corrected chi connectivity index (χ4v) is 2.34. The van der Waals surface area contributed by atoms with Gasteiger partial charge in [-0.3, -0.25) is 0 Å². The summed E-state index contributed by atoms with van der Waals surface area (Å²) in [7, 11) is 1.74. The quantitative estimate of drug-likeness (QED) is 0.565. The number of hydrogen-bond donors (Lipinski definition) is 1. The van der Waals surface area contributed by atoms with E-state index in [1.807, 2.05) is 0 Å². The van der Waals surface area contributed by atoms with Crippen molar-refractivity contribution in [1.82, 2.24) is 5.32 Å². The highest BCUT2D eigenvalue weighted by Crippen LogP contribution is 2.47. The Morgan fingerprint density at radius 1 is 1.24 bits per heavy atom. The maximum absolute atomic E-state index is 5.68. The highest BCUT2D eigenvalue weighted by Gasteiger charge is 2.40. The van der Waals surface area contributed by atoms with Gasteiger partial charge in [0.2, 0.25) is 0 Å². The molecule has 0 aliphatic heterocycles. The minimum Gasteiger partial charge on any atom is -0.385 e. The van der Waals surface area contributed by atoms with E-state index in [2.05, 4.69) is 19.2 Å². The van der Waals surface area contributed by atoms with Crippen molar-refractivity contribution in [3.05, 3.63) is 0 Å². The van der Waals surface area contributed by atoms with Crippen molar-refractivity contribution in [3.63, 3.8) is 0 Å². The maximum atomic E-state index is 5.68. The maximum Gasteiger partial charge on any atom is 0.0487 e. The standard InChI is InChI=1S/C14H29NO2/c1-4-15-12-14(2,13-6-7-13)8-11-17-10-5-9-16-3/h13,15H,4-12H2,1-3H3. The van der Waals surface area contributed by atoms with E-state index >= 15 is 0 Å². The van der Waals surface area contributed by atoms with Gasteiger partial charge >= 0.3 is 0 Å². The molecule has 3 nitrogen and oxygen atoms in total. The van der Waals surface area contributed by atoms with Crippen LogP contribution in [0.15, 0.2) is 0 Å². The highest BCUT2D eigenvalue weighted by atomic mass is 16.5. The summed E-state index contributed by atoms with van der Waals surface area (Å²) in [6.45, 7) is 9.31. The minimum atomic E-state index is 0.442. The molecule has 1 saturated carbocycles. The van der Waals surface area contributed by atoms with Gasteiger partial charge in [-0.1, -0.05) is 13.8 Å². The number of nitrogens with one attached hydrogen (secondary N) is 1. The molecule has 17 heavy (non-hydrogen) atoms. The lowest BCUT2D eigenvalue weighted by Crippen LogP contribution is -2.34. The third-order valence-electron chi connectivity index (χ3n) is 3.80. The van der Waals surface area contributed by atoms with Gasteiger partial charge in [0.05, 0.1) is 0 Å². The van der Waals surface area contributed by atoms with Crippen LogP contribution >= 0.6 is 0 Å². The SMILES string of the molecule is CCNCC(C)(CCOCCCOC)C1CC1. The van der Waals surface area contributed by atoms with E-state index < -0.39 is 0 Å². The van der Waals surface area contributed by atoms with Crippen LogP contribution in [0.5, 0.6) is 0 Å². The molecular weight excluding hydrogens is 214 g/mol. The number of ether oxygens (including phenoxy) is 2. The Balaban J connectivity index is 2.11. The first-order valence-electron chi connectivity index (χ1n) is 7.00. The molecule has 0 aromatic rings. The van der Waals surface area contributed by atoms with Gasteiger partial charge in [0.1, 0.15) is 0 Å². The van der Waals surface area contributed by atoms with Crippen molar-refractivity contribution in [2.45, 2.75) is 39.5 Å². The summed E-state index contributed by atoms with van der Waals surface area (Å²) in [5.41, 5.74) is 0.442. The normalized spacial score (nSPS) is 19.2. The molecule has 1 aliphatic rings. The van der Waals surface area contributed by atoms with Crippen molar-refractivity contribution in [2.24, 2.45) is 11.3 Å². The van der Waals surface area contributed by atoms with E-state index in [0.717, 1.165) is 45.2 Å². The Morgan fingerprint density at radius 2 is 2.00 bits per heavy atom. The van der Waals surface area contributed by atoms with Crippen molar-refractivity contribution in [3.8, 4) is 0 Å². The van der Waals surface area contributed by atoms with E-state index in [1.165, 1.54) is 19.3 Å². The summed E-state index contributed by atoms with van der Waals surface area (Å²) in [4.78, 5) is 0. The largest absolute Gasteiger partial charge is 0.385 e. The summed E-state index contributed by atoms with van der Waals surface area (Å²) >= 11 is 0. The molecule has 0 aromatic heterocycles. The lowest BCUT2D eigenvalue weighted by Gasteiger charge is -2.30. The van der Waals surface area contributed by atoms with Crippen LogP contribution in [0.25, 0.3) is 0 Å². The molecule has 1 atom stereocenters. The van der Waals surface area contributed by atoms with Gasteiger partial charge in [-0.15, -0.1) is 0 Å². The van der Waals surface area contributed by atoms with Crippen LogP contribution in [-0.4, -0.2) is 40.0 Å². The van der Waals surface area contributed by atoms with Gasteiger partial charge in [-0.2, -0.15) is 0 Å². The van der Waals surface area contributed by atoms with Crippen molar-refractivity contribution in [1.29, 1.82) is 0 Å². The smallest absolute Gasteiger partial charge is 0.0487 e. The average molecular weight is 243 g/mol. The Hall–Kier alpha value is -0.120. The van der Waals surface area contributed by atoms with E-state index in [-0.39, 0.29) is 0 Å². The predicted octanol–water partition coefficient (Wildman–Crippen LogP) is 2.46. The van der Waals surface area contributed by atoms with E-state index in [0.29, 0.717) is 5.41 Å². The average Bonchev–Trinajstić information content (AvgIpc) is 3.15. The van der Waals surface area contributed by atoms with E-state index in [4.69, 9.17) is 9.47 Å². The molecule has 1 fully saturated rings. The highest BCUT2D eigenvalue weighted by molar-refractivity contribution is 4.92. The molecule has 0 heterocycles. The molecule has 1 unspecified atom stereocenters. The Morgan fingerprint density at radius 3 is 2.59 bits per heavy atom. The van der Waals surface area contributed by atoms with Crippen LogP contribution in [0.2, 0.25) is 0 Å². The fourth-order valence-electron chi connectivity index (χ4n) is 2.34. The molecule has 102 valence electrons. The van der Waals surface area contributed by atoms with Crippen LogP contribution < -0.4 is 5.32 Å². The fraction of sp³-hybridized carbons (Fsp3) is 1.00. The van der Waals surface area contributed by atoms with Crippen molar-refractivity contribution in [2.75, 3.05) is 40.0 Å². The third kappa shape index (κ3) is 5.84. The second-order valence-electron chi connectivity index (χ2n) is 5.42. The Kier molecular flexibility index (Phi) is 7.09. The zero-order valence-electron chi connectivity index (χ0n) is 11.8. The molecular formula is C14H29NO2. The molecule has 1 rings (SSSR count). The molecule has 1 aliphatic carbocycles. The molecule has 1 N–H and O–H groups in total. The van der Waals surface area contributed by atoms with Gasteiger partial charge < -0.3 is 14.8 Å². The summed E-state index contributed by atoms with van der Waals surface area (Å²) in [6.07, 6.45) is 5.00. The summed E-state index contributed by atoms with van der Waals surface area (Å²) in [6, 6.07) is 0. The van der Waals surface area contributed by atoms with Gasteiger partial charge in [-0.25, -0.2) is 0 Å². The second-order valence-corrected chi connectivity index (χ2v) is 5.42. The molecule has 3 heteroatoms. The molecule has 0 aromatic carbocycles. The summed E-state index contributed by atoms with van der Waals surface area (Å²) < 4.78 is 10.7. The first-order valence-corrected chi connectivity index (χ1v) is 7.00. The van der Waals surface area contributed by atoms with Crippen molar-refractivity contribution >= 4 is 0 Å². The summed E-state index contributed by atoms with van der Waals surface area (Å²) in [5.74, 6) is 0.920. The zero-order valence-corrected chi connectivity index (χ0v) is 11.8. The van der Waals surface area contributed by atoms with Crippen LogP contribution in [0.4, 0.5) is 0 Å². The van der Waals surface area contributed by atoms with Gasteiger partial charge in [0.15, 0.2) is 0 Å². The molecule has 0 bridgehead atoms. The van der Waals surface area contributed by atoms with Gasteiger partial charge in [-0.05, 0) is 43.6 Å². The summed E-state index contributed by atoms with van der Waals surface area (Å²) in [5, 5.41) is 3.50.